The van der Waals surface area contributed by atoms with E-state index in [1.165, 1.54) is 0 Å². The Kier molecular flexibility index (Phi) is 2.61. The summed E-state index contributed by atoms with van der Waals surface area (Å²) in [6.45, 7) is 0. The van der Waals surface area contributed by atoms with Crippen LogP contribution in [0.15, 0.2) is 28.7 Å². The minimum Gasteiger partial charge on any atom is -0.488 e. The van der Waals surface area contributed by atoms with Gasteiger partial charge in [-0.1, -0.05) is 12.1 Å². The van der Waals surface area contributed by atoms with Gasteiger partial charge in [0.2, 0.25) is 0 Å². The third kappa shape index (κ3) is 1.77. The summed E-state index contributed by atoms with van der Waals surface area (Å²) >= 11 is 5.38. The van der Waals surface area contributed by atoms with E-state index in [2.05, 4.69) is 15.9 Å². The van der Waals surface area contributed by atoms with E-state index >= 15 is 0 Å². The molecule has 1 aromatic rings. The summed E-state index contributed by atoms with van der Waals surface area (Å²) in [5.74, 6) is 3.21. The summed E-state index contributed by atoms with van der Waals surface area (Å²) in [6, 6.07) is 7.98. The summed E-state index contributed by atoms with van der Waals surface area (Å²) in [4.78, 5) is 0. The highest BCUT2D eigenvalue weighted by atomic mass is 79.9. The van der Waals surface area contributed by atoms with E-state index in [4.69, 9.17) is 4.74 Å². The first-order chi connectivity index (χ1) is 5.86. The second kappa shape index (κ2) is 3.71. The van der Waals surface area contributed by atoms with Gasteiger partial charge in [0, 0.05) is 11.5 Å². The first kappa shape index (κ1) is 8.45. The van der Waals surface area contributed by atoms with Crippen molar-refractivity contribution in [2.24, 2.45) is 0 Å². The minimum atomic E-state index is 0.425. The molecule has 0 unspecified atom stereocenters. The van der Waals surface area contributed by atoms with Crippen molar-refractivity contribution in [2.45, 2.75) is 6.10 Å². The highest BCUT2D eigenvalue weighted by Gasteiger charge is 2.20. The zero-order valence-electron chi connectivity index (χ0n) is 6.50. The molecule has 1 heterocycles. The Balaban J connectivity index is 2.06. The van der Waals surface area contributed by atoms with Crippen molar-refractivity contribution in [3.05, 3.63) is 28.7 Å². The van der Waals surface area contributed by atoms with Gasteiger partial charge in [-0.2, -0.15) is 11.8 Å². The standard InChI is InChI=1S/C9H9BrOS/c10-8-3-1-2-4-9(8)11-7-5-12-6-7/h1-4,7H,5-6H2. The fraction of sp³-hybridized carbons (Fsp3) is 0.333. The van der Waals surface area contributed by atoms with Crippen LogP contribution < -0.4 is 4.74 Å². The zero-order valence-corrected chi connectivity index (χ0v) is 8.90. The predicted octanol–water partition coefficient (Wildman–Crippen LogP) is 2.94. The van der Waals surface area contributed by atoms with Gasteiger partial charge in [-0.25, -0.2) is 0 Å². The average Bonchev–Trinajstić information content (AvgIpc) is 2.00. The van der Waals surface area contributed by atoms with Crippen LogP contribution in [0.4, 0.5) is 0 Å². The van der Waals surface area contributed by atoms with E-state index in [-0.39, 0.29) is 0 Å². The second-order valence-corrected chi connectivity index (χ2v) is 4.64. The lowest BCUT2D eigenvalue weighted by molar-refractivity contribution is 0.239. The molecule has 1 aromatic carbocycles. The van der Waals surface area contributed by atoms with Gasteiger partial charge in [0.25, 0.3) is 0 Å². The Labute approximate surface area is 84.6 Å². The van der Waals surface area contributed by atoms with E-state index in [0.717, 1.165) is 21.7 Å². The van der Waals surface area contributed by atoms with E-state index in [0.29, 0.717) is 6.10 Å². The van der Waals surface area contributed by atoms with Gasteiger partial charge in [-0.3, -0.25) is 0 Å². The molecule has 12 heavy (non-hydrogen) atoms. The molecule has 1 aliphatic heterocycles. The molecule has 0 saturated carbocycles. The Bertz CT molecular complexity index is 273. The molecule has 2 rings (SSSR count). The second-order valence-electron chi connectivity index (χ2n) is 2.71. The number of hydrogen-bond donors (Lipinski definition) is 0. The molecule has 64 valence electrons. The van der Waals surface area contributed by atoms with Crippen LogP contribution in [0.2, 0.25) is 0 Å². The van der Waals surface area contributed by atoms with E-state index in [9.17, 15) is 0 Å². The van der Waals surface area contributed by atoms with Gasteiger partial charge >= 0.3 is 0 Å². The molecule has 0 bridgehead atoms. The zero-order chi connectivity index (χ0) is 8.39. The Morgan fingerprint density at radius 3 is 2.67 bits per heavy atom. The van der Waals surface area contributed by atoms with Gasteiger partial charge in [0.15, 0.2) is 0 Å². The molecular formula is C9H9BrOS. The van der Waals surface area contributed by atoms with Gasteiger partial charge in [0.05, 0.1) is 4.47 Å². The largest absolute Gasteiger partial charge is 0.488 e. The Hall–Kier alpha value is -0.150. The van der Waals surface area contributed by atoms with Crippen molar-refractivity contribution in [1.29, 1.82) is 0 Å². The number of halogens is 1. The first-order valence-corrected chi connectivity index (χ1v) is 5.80. The van der Waals surface area contributed by atoms with Crippen molar-refractivity contribution < 1.29 is 4.74 Å². The molecule has 0 atom stereocenters. The van der Waals surface area contributed by atoms with E-state index < -0.39 is 0 Å². The quantitative estimate of drug-likeness (QED) is 0.792. The molecule has 0 radical (unpaired) electrons. The van der Waals surface area contributed by atoms with Crippen LogP contribution in [0.3, 0.4) is 0 Å². The van der Waals surface area contributed by atoms with Crippen LogP contribution in [-0.4, -0.2) is 17.6 Å². The maximum atomic E-state index is 5.71. The molecule has 0 N–H and O–H groups in total. The van der Waals surface area contributed by atoms with Crippen LogP contribution in [-0.2, 0) is 0 Å². The lowest BCUT2D eigenvalue weighted by atomic mass is 10.3. The lowest BCUT2D eigenvalue weighted by Gasteiger charge is -2.26. The number of para-hydroxylation sites is 1. The SMILES string of the molecule is Brc1ccccc1OC1CSC1. The van der Waals surface area contributed by atoms with Crippen LogP contribution in [0.25, 0.3) is 0 Å². The molecule has 0 aromatic heterocycles. The molecule has 3 heteroatoms. The third-order valence-electron chi connectivity index (χ3n) is 1.74. The highest BCUT2D eigenvalue weighted by Crippen LogP contribution is 2.29. The molecule has 0 aliphatic carbocycles. The molecule has 1 aliphatic rings. The first-order valence-electron chi connectivity index (χ1n) is 3.85. The molecule has 1 fully saturated rings. The lowest BCUT2D eigenvalue weighted by Crippen LogP contribution is -2.31. The van der Waals surface area contributed by atoms with E-state index in [1.54, 1.807) is 0 Å². The summed E-state index contributed by atoms with van der Waals surface area (Å²) < 4.78 is 6.76. The number of thioether (sulfide) groups is 1. The number of ether oxygens (including phenoxy) is 1. The summed E-state index contributed by atoms with van der Waals surface area (Å²) in [7, 11) is 0. The van der Waals surface area contributed by atoms with Gasteiger partial charge in [-0.05, 0) is 28.1 Å². The highest BCUT2D eigenvalue weighted by molar-refractivity contribution is 9.10. The topological polar surface area (TPSA) is 9.23 Å². The fourth-order valence-electron chi connectivity index (χ4n) is 1.00. The van der Waals surface area contributed by atoms with E-state index in [1.807, 2.05) is 36.0 Å². The van der Waals surface area contributed by atoms with Crippen LogP contribution >= 0.6 is 27.7 Å². The molecule has 0 amide bonds. The fourth-order valence-corrected chi connectivity index (χ4v) is 1.94. The number of hydrogen-bond acceptors (Lipinski definition) is 2. The summed E-state index contributed by atoms with van der Waals surface area (Å²) in [5.41, 5.74) is 0. The number of rotatable bonds is 2. The Morgan fingerprint density at radius 1 is 1.33 bits per heavy atom. The van der Waals surface area contributed by atoms with Gasteiger partial charge in [-0.15, -0.1) is 0 Å². The molecule has 0 spiro atoms. The minimum absolute atomic E-state index is 0.425. The van der Waals surface area contributed by atoms with Crippen molar-refractivity contribution in [2.75, 3.05) is 11.5 Å². The van der Waals surface area contributed by atoms with Crippen LogP contribution in [0.5, 0.6) is 5.75 Å². The monoisotopic (exact) mass is 244 g/mol. The van der Waals surface area contributed by atoms with Crippen molar-refractivity contribution in [3.63, 3.8) is 0 Å². The maximum absolute atomic E-state index is 5.71. The van der Waals surface area contributed by atoms with Gasteiger partial charge in [0.1, 0.15) is 11.9 Å². The maximum Gasteiger partial charge on any atom is 0.133 e. The normalized spacial score (nSPS) is 17.1. The smallest absolute Gasteiger partial charge is 0.133 e. The van der Waals surface area contributed by atoms with Gasteiger partial charge < -0.3 is 4.74 Å². The van der Waals surface area contributed by atoms with Crippen molar-refractivity contribution >= 4 is 27.7 Å². The number of benzene rings is 1. The third-order valence-corrected chi connectivity index (χ3v) is 3.61. The van der Waals surface area contributed by atoms with Crippen molar-refractivity contribution in [3.8, 4) is 5.75 Å². The van der Waals surface area contributed by atoms with Crippen LogP contribution in [0.1, 0.15) is 0 Å². The molecule has 1 saturated heterocycles. The Morgan fingerprint density at radius 2 is 2.08 bits per heavy atom. The molecular weight excluding hydrogens is 236 g/mol. The average molecular weight is 245 g/mol. The summed E-state index contributed by atoms with van der Waals surface area (Å²) in [6.07, 6.45) is 0.425. The van der Waals surface area contributed by atoms with Crippen LogP contribution in [0, 0.1) is 0 Å². The summed E-state index contributed by atoms with van der Waals surface area (Å²) in [5, 5.41) is 0. The molecule has 1 nitrogen and oxygen atoms in total. The predicted molar refractivity (Wildman–Crippen MR) is 55.9 cm³/mol. The van der Waals surface area contributed by atoms with Crippen molar-refractivity contribution in [1.82, 2.24) is 0 Å².